The van der Waals surface area contributed by atoms with Gasteiger partial charge in [0.2, 0.25) is 0 Å². The Morgan fingerprint density at radius 3 is 2.78 bits per heavy atom. The molecule has 0 aromatic carbocycles. The van der Waals surface area contributed by atoms with Crippen molar-refractivity contribution < 1.29 is 0 Å². The maximum atomic E-state index is 4.43. The Balaban J connectivity index is 2.30. The Hall–Kier alpha value is -1.20. The SMILES string of the molecule is CC(C)(C)NCc1cc(Br)cnc1-n1cccn1. The van der Waals surface area contributed by atoms with Crippen molar-refractivity contribution in [2.24, 2.45) is 0 Å². The molecule has 0 spiro atoms. The average Bonchev–Trinajstić information content (AvgIpc) is 2.79. The Labute approximate surface area is 116 Å². The number of hydrogen-bond acceptors (Lipinski definition) is 3. The van der Waals surface area contributed by atoms with Crippen LogP contribution in [-0.2, 0) is 6.54 Å². The summed E-state index contributed by atoms with van der Waals surface area (Å²) < 4.78 is 2.76. The fraction of sp³-hybridized carbons (Fsp3) is 0.385. The number of nitrogens with zero attached hydrogens (tertiary/aromatic N) is 3. The second-order valence-electron chi connectivity index (χ2n) is 5.19. The van der Waals surface area contributed by atoms with E-state index in [-0.39, 0.29) is 5.54 Å². The molecule has 0 atom stereocenters. The van der Waals surface area contributed by atoms with E-state index < -0.39 is 0 Å². The molecule has 18 heavy (non-hydrogen) atoms. The first-order valence-electron chi connectivity index (χ1n) is 5.85. The Kier molecular flexibility index (Phi) is 3.82. The van der Waals surface area contributed by atoms with Gasteiger partial charge in [0.15, 0.2) is 5.82 Å². The first kappa shape index (κ1) is 13.2. The molecule has 96 valence electrons. The molecule has 0 amide bonds. The van der Waals surface area contributed by atoms with Crippen molar-refractivity contribution in [2.45, 2.75) is 32.9 Å². The maximum absolute atomic E-state index is 4.43. The number of pyridine rings is 1. The summed E-state index contributed by atoms with van der Waals surface area (Å²) in [6.45, 7) is 7.19. The third kappa shape index (κ3) is 3.40. The predicted molar refractivity (Wildman–Crippen MR) is 75.7 cm³/mol. The van der Waals surface area contributed by atoms with Gasteiger partial charge in [0.05, 0.1) is 0 Å². The van der Waals surface area contributed by atoms with Gasteiger partial charge in [0, 0.05) is 40.7 Å². The predicted octanol–water partition coefficient (Wildman–Crippen LogP) is 2.92. The number of halogens is 1. The molecule has 0 aliphatic carbocycles. The highest BCUT2D eigenvalue weighted by Crippen LogP contribution is 2.17. The van der Waals surface area contributed by atoms with E-state index in [2.05, 4.69) is 58.2 Å². The number of aromatic nitrogens is 3. The lowest BCUT2D eigenvalue weighted by molar-refractivity contribution is 0.423. The molecule has 2 aromatic rings. The van der Waals surface area contributed by atoms with Crippen molar-refractivity contribution in [2.75, 3.05) is 0 Å². The smallest absolute Gasteiger partial charge is 0.157 e. The third-order valence-corrected chi connectivity index (χ3v) is 2.87. The average molecular weight is 309 g/mol. The van der Waals surface area contributed by atoms with E-state index in [0.717, 1.165) is 22.4 Å². The quantitative estimate of drug-likeness (QED) is 0.948. The molecule has 0 saturated heterocycles. The summed E-state index contributed by atoms with van der Waals surface area (Å²) in [4.78, 5) is 4.43. The summed E-state index contributed by atoms with van der Waals surface area (Å²) >= 11 is 3.46. The van der Waals surface area contributed by atoms with Gasteiger partial charge >= 0.3 is 0 Å². The number of rotatable bonds is 3. The minimum Gasteiger partial charge on any atom is -0.308 e. The standard InChI is InChI=1S/C13H17BrN4/c1-13(2,3)16-8-10-7-11(14)9-15-12(10)18-6-4-5-17-18/h4-7,9,16H,8H2,1-3H3. The van der Waals surface area contributed by atoms with E-state index in [1.807, 2.05) is 12.3 Å². The molecule has 0 aliphatic heterocycles. The van der Waals surface area contributed by atoms with Gasteiger partial charge in [0.25, 0.3) is 0 Å². The molecular formula is C13H17BrN4. The van der Waals surface area contributed by atoms with Gasteiger partial charge in [-0.2, -0.15) is 5.10 Å². The second-order valence-corrected chi connectivity index (χ2v) is 6.11. The van der Waals surface area contributed by atoms with E-state index in [0.29, 0.717) is 0 Å². The van der Waals surface area contributed by atoms with Crippen molar-refractivity contribution in [1.29, 1.82) is 0 Å². The summed E-state index contributed by atoms with van der Waals surface area (Å²) in [5.41, 5.74) is 1.19. The zero-order valence-electron chi connectivity index (χ0n) is 10.8. The molecule has 0 bridgehead atoms. The van der Waals surface area contributed by atoms with Gasteiger partial charge in [-0.25, -0.2) is 9.67 Å². The van der Waals surface area contributed by atoms with E-state index in [4.69, 9.17) is 0 Å². The highest BCUT2D eigenvalue weighted by molar-refractivity contribution is 9.10. The summed E-state index contributed by atoms with van der Waals surface area (Å²) in [5.74, 6) is 0.861. The van der Waals surface area contributed by atoms with Crippen LogP contribution in [0.5, 0.6) is 0 Å². The van der Waals surface area contributed by atoms with E-state index >= 15 is 0 Å². The van der Waals surface area contributed by atoms with Crippen LogP contribution < -0.4 is 5.32 Å². The first-order chi connectivity index (χ1) is 8.46. The number of hydrogen-bond donors (Lipinski definition) is 1. The van der Waals surface area contributed by atoms with Gasteiger partial charge in [-0.05, 0) is 48.8 Å². The molecule has 2 aromatic heterocycles. The van der Waals surface area contributed by atoms with Crippen LogP contribution in [0.3, 0.4) is 0 Å². The third-order valence-electron chi connectivity index (χ3n) is 2.44. The summed E-state index contributed by atoms with van der Waals surface area (Å²) in [6, 6.07) is 3.97. The van der Waals surface area contributed by atoms with Crippen LogP contribution in [0, 0.1) is 0 Å². The zero-order chi connectivity index (χ0) is 13.2. The van der Waals surface area contributed by atoms with Crippen LogP contribution in [0.2, 0.25) is 0 Å². The second kappa shape index (κ2) is 5.20. The molecule has 0 fully saturated rings. The Bertz CT molecular complexity index is 514. The lowest BCUT2D eigenvalue weighted by atomic mass is 10.1. The molecule has 0 radical (unpaired) electrons. The number of nitrogens with one attached hydrogen (secondary N) is 1. The van der Waals surface area contributed by atoms with Crippen molar-refractivity contribution in [1.82, 2.24) is 20.1 Å². The van der Waals surface area contributed by atoms with Gasteiger partial charge in [-0.3, -0.25) is 0 Å². The topological polar surface area (TPSA) is 42.7 Å². The molecule has 2 rings (SSSR count). The van der Waals surface area contributed by atoms with Gasteiger partial charge in [-0.1, -0.05) is 0 Å². The lowest BCUT2D eigenvalue weighted by Crippen LogP contribution is -2.35. The summed E-state index contributed by atoms with van der Waals surface area (Å²) in [5, 5.41) is 7.70. The first-order valence-corrected chi connectivity index (χ1v) is 6.64. The van der Waals surface area contributed by atoms with Crippen molar-refractivity contribution in [3.05, 3.63) is 40.8 Å². The van der Waals surface area contributed by atoms with Crippen molar-refractivity contribution in [3.63, 3.8) is 0 Å². The lowest BCUT2D eigenvalue weighted by Gasteiger charge is -2.21. The van der Waals surface area contributed by atoms with E-state index in [1.165, 1.54) is 0 Å². The molecule has 4 nitrogen and oxygen atoms in total. The van der Waals surface area contributed by atoms with Gasteiger partial charge in [-0.15, -0.1) is 0 Å². The van der Waals surface area contributed by atoms with Crippen LogP contribution in [0.25, 0.3) is 5.82 Å². The van der Waals surface area contributed by atoms with Gasteiger partial charge < -0.3 is 5.32 Å². The fourth-order valence-electron chi connectivity index (χ4n) is 1.56. The molecule has 0 unspecified atom stereocenters. The monoisotopic (exact) mass is 308 g/mol. The molecule has 0 saturated carbocycles. The van der Waals surface area contributed by atoms with Gasteiger partial charge in [0.1, 0.15) is 0 Å². The van der Waals surface area contributed by atoms with Crippen LogP contribution in [-0.4, -0.2) is 20.3 Å². The molecular weight excluding hydrogens is 292 g/mol. The minimum atomic E-state index is 0.0731. The van der Waals surface area contributed by atoms with Crippen molar-refractivity contribution in [3.8, 4) is 5.82 Å². The molecule has 0 aliphatic rings. The molecule has 5 heteroatoms. The van der Waals surface area contributed by atoms with E-state index in [9.17, 15) is 0 Å². The summed E-state index contributed by atoms with van der Waals surface area (Å²) in [6.07, 6.45) is 5.44. The zero-order valence-corrected chi connectivity index (χ0v) is 12.4. The van der Waals surface area contributed by atoms with Crippen LogP contribution in [0.15, 0.2) is 35.2 Å². The van der Waals surface area contributed by atoms with Crippen LogP contribution in [0.4, 0.5) is 0 Å². The van der Waals surface area contributed by atoms with Crippen molar-refractivity contribution >= 4 is 15.9 Å². The Morgan fingerprint density at radius 1 is 1.39 bits per heavy atom. The van der Waals surface area contributed by atoms with Crippen LogP contribution in [0.1, 0.15) is 26.3 Å². The molecule has 1 N–H and O–H groups in total. The maximum Gasteiger partial charge on any atom is 0.157 e. The van der Waals surface area contributed by atoms with E-state index in [1.54, 1.807) is 17.1 Å². The highest BCUT2D eigenvalue weighted by Gasteiger charge is 2.12. The largest absolute Gasteiger partial charge is 0.308 e. The molecule has 2 heterocycles. The highest BCUT2D eigenvalue weighted by atomic mass is 79.9. The fourth-order valence-corrected chi connectivity index (χ4v) is 1.94. The normalized spacial score (nSPS) is 11.8. The Morgan fingerprint density at radius 2 is 2.17 bits per heavy atom. The minimum absolute atomic E-state index is 0.0731. The van der Waals surface area contributed by atoms with Crippen LogP contribution >= 0.6 is 15.9 Å². The summed E-state index contributed by atoms with van der Waals surface area (Å²) in [7, 11) is 0.